The topological polar surface area (TPSA) is 47.3 Å². The fourth-order valence-electron chi connectivity index (χ4n) is 2.16. The van der Waals surface area contributed by atoms with E-state index in [2.05, 4.69) is 18.9 Å². The molecule has 0 amide bonds. The summed E-state index contributed by atoms with van der Waals surface area (Å²) >= 11 is 0. The van der Waals surface area contributed by atoms with Gasteiger partial charge in [-0.3, -0.25) is 4.68 Å². The van der Waals surface area contributed by atoms with E-state index < -0.39 is 0 Å². The summed E-state index contributed by atoms with van der Waals surface area (Å²) in [6, 6.07) is 2.49. The van der Waals surface area contributed by atoms with Gasteiger partial charge in [0, 0.05) is 26.3 Å². The molecule has 4 heteroatoms. The molecule has 104 valence electrons. The lowest BCUT2D eigenvalue weighted by molar-refractivity contribution is 0.134. The highest BCUT2D eigenvalue weighted by atomic mass is 16.5. The highest BCUT2D eigenvalue weighted by Crippen LogP contribution is 2.15. The molecule has 1 aromatic rings. The summed E-state index contributed by atoms with van der Waals surface area (Å²) in [5.74, 6) is 0. The van der Waals surface area contributed by atoms with Crippen LogP contribution < -0.4 is 0 Å². The summed E-state index contributed by atoms with van der Waals surface area (Å²) in [6.07, 6.45) is 6.19. The first kappa shape index (κ1) is 15.2. The first-order valence-electron chi connectivity index (χ1n) is 6.92. The molecule has 4 nitrogen and oxygen atoms in total. The maximum Gasteiger partial charge on any atom is 0.0650 e. The van der Waals surface area contributed by atoms with Gasteiger partial charge in [-0.2, -0.15) is 5.10 Å². The van der Waals surface area contributed by atoms with Gasteiger partial charge in [0.2, 0.25) is 0 Å². The van der Waals surface area contributed by atoms with Gasteiger partial charge in [0.25, 0.3) is 0 Å². The van der Waals surface area contributed by atoms with Crippen LogP contribution in [0, 0.1) is 0 Å². The van der Waals surface area contributed by atoms with Gasteiger partial charge < -0.3 is 9.84 Å². The van der Waals surface area contributed by atoms with Gasteiger partial charge >= 0.3 is 0 Å². The zero-order chi connectivity index (χ0) is 13.4. The number of methoxy groups -OCH3 is 1. The number of aliphatic hydroxyl groups is 1. The number of aromatic nitrogens is 2. The van der Waals surface area contributed by atoms with E-state index in [4.69, 9.17) is 4.74 Å². The van der Waals surface area contributed by atoms with Crippen LogP contribution in [0.1, 0.15) is 51.3 Å². The van der Waals surface area contributed by atoms with Crippen LogP contribution in [0.15, 0.2) is 12.3 Å². The Morgan fingerprint density at radius 1 is 1.39 bits per heavy atom. The van der Waals surface area contributed by atoms with Crippen molar-refractivity contribution in [2.75, 3.05) is 13.7 Å². The van der Waals surface area contributed by atoms with Crippen molar-refractivity contribution in [2.45, 2.75) is 58.1 Å². The largest absolute Gasteiger partial charge is 0.393 e. The first-order valence-corrected chi connectivity index (χ1v) is 6.92. The number of hydrogen-bond donors (Lipinski definition) is 1. The van der Waals surface area contributed by atoms with Crippen LogP contribution in [0.5, 0.6) is 0 Å². The fourth-order valence-corrected chi connectivity index (χ4v) is 2.16. The molecule has 1 heterocycles. The third-order valence-corrected chi connectivity index (χ3v) is 3.31. The summed E-state index contributed by atoms with van der Waals surface area (Å²) < 4.78 is 7.00. The maximum absolute atomic E-state index is 9.89. The third kappa shape index (κ3) is 4.78. The van der Waals surface area contributed by atoms with Gasteiger partial charge in [-0.15, -0.1) is 0 Å². The summed E-state index contributed by atoms with van der Waals surface area (Å²) in [7, 11) is 1.68. The molecule has 0 saturated carbocycles. The van der Waals surface area contributed by atoms with Crippen molar-refractivity contribution in [1.29, 1.82) is 0 Å². The molecule has 0 aliphatic heterocycles. The Morgan fingerprint density at radius 3 is 2.72 bits per heavy atom. The minimum Gasteiger partial charge on any atom is -0.393 e. The lowest BCUT2D eigenvalue weighted by Gasteiger charge is -2.13. The monoisotopic (exact) mass is 254 g/mol. The molecule has 0 fully saturated rings. The molecule has 0 aliphatic rings. The Labute approximate surface area is 110 Å². The third-order valence-electron chi connectivity index (χ3n) is 3.31. The van der Waals surface area contributed by atoms with Crippen molar-refractivity contribution in [3.8, 4) is 0 Å². The Balaban J connectivity index is 2.43. The molecular weight excluding hydrogens is 228 g/mol. The van der Waals surface area contributed by atoms with E-state index >= 15 is 0 Å². The molecule has 0 bridgehead atoms. The molecule has 0 aliphatic carbocycles. The van der Waals surface area contributed by atoms with Crippen LogP contribution in [0.25, 0.3) is 0 Å². The smallest absolute Gasteiger partial charge is 0.0650 e. The number of rotatable bonds is 9. The van der Waals surface area contributed by atoms with Gasteiger partial charge in [-0.25, -0.2) is 0 Å². The predicted molar refractivity (Wildman–Crippen MR) is 72.7 cm³/mol. The lowest BCUT2D eigenvalue weighted by Crippen LogP contribution is -2.13. The van der Waals surface area contributed by atoms with Gasteiger partial charge in [-0.1, -0.05) is 13.8 Å². The molecular formula is C14H26N2O2. The molecule has 1 unspecified atom stereocenters. The molecule has 0 aromatic carbocycles. The number of ether oxygens (including phenoxy) is 1. The average Bonchev–Trinajstić information content (AvgIpc) is 2.79. The minimum absolute atomic E-state index is 0.315. The molecule has 18 heavy (non-hydrogen) atoms. The second-order valence-electron chi connectivity index (χ2n) is 4.75. The van der Waals surface area contributed by atoms with E-state index in [1.807, 2.05) is 16.9 Å². The second-order valence-corrected chi connectivity index (χ2v) is 4.75. The van der Waals surface area contributed by atoms with Crippen molar-refractivity contribution in [3.05, 3.63) is 18.0 Å². The average molecular weight is 254 g/mol. The Kier molecular flexibility index (Phi) is 6.98. The van der Waals surface area contributed by atoms with Crippen LogP contribution in [-0.4, -0.2) is 34.7 Å². The Morgan fingerprint density at radius 2 is 2.11 bits per heavy atom. The summed E-state index contributed by atoms with van der Waals surface area (Å²) in [6.45, 7) is 5.06. The number of hydrogen-bond acceptors (Lipinski definition) is 3. The van der Waals surface area contributed by atoms with Crippen molar-refractivity contribution in [1.82, 2.24) is 9.78 Å². The van der Waals surface area contributed by atoms with Crippen LogP contribution >= 0.6 is 0 Å². The predicted octanol–water partition coefficient (Wildman–Crippen LogP) is 2.57. The quantitative estimate of drug-likeness (QED) is 0.689. The standard InChI is InChI=1S/C14H26N2O2/c1-4-13(5-2)16-9-8-12(15-16)11-14(17)7-6-10-18-3/h8-9,13-14,17H,4-7,10-11H2,1-3H3. The van der Waals surface area contributed by atoms with Crippen LogP contribution in [0.2, 0.25) is 0 Å². The highest BCUT2D eigenvalue weighted by molar-refractivity contribution is 5.01. The van der Waals surface area contributed by atoms with Crippen molar-refractivity contribution in [2.24, 2.45) is 0 Å². The maximum atomic E-state index is 9.89. The van der Waals surface area contributed by atoms with Gasteiger partial charge in [0.1, 0.15) is 0 Å². The van der Waals surface area contributed by atoms with E-state index in [0.29, 0.717) is 19.1 Å². The molecule has 0 spiro atoms. The molecule has 0 radical (unpaired) electrons. The summed E-state index contributed by atoms with van der Waals surface area (Å²) in [5.41, 5.74) is 0.979. The van der Waals surface area contributed by atoms with E-state index in [1.165, 1.54) is 0 Å². The van der Waals surface area contributed by atoms with E-state index in [0.717, 1.165) is 31.4 Å². The molecule has 1 rings (SSSR count). The van der Waals surface area contributed by atoms with Crippen LogP contribution in [0.4, 0.5) is 0 Å². The number of aliphatic hydroxyl groups excluding tert-OH is 1. The highest BCUT2D eigenvalue weighted by Gasteiger charge is 2.11. The zero-order valence-corrected chi connectivity index (χ0v) is 11.8. The van der Waals surface area contributed by atoms with Crippen LogP contribution in [-0.2, 0) is 11.2 Å². The SMILES string of the molecule is CCC(CC)n1ccc(CC(O)CCCOC)n1. The second kappa shape index (κ2) is 8.27. The molecule has 1 atom stereocenters. The Bertz CT molecular complexity index is 321. The van der Waals surface area contributed by atoms with E-state index in [9.17, 15) is 5.11 Å². The van der Waals surface area contributed by atoms with Gasteiger partial charge in [0.15, 0.2) is 0 Å². The first-order chi connectivity index (χ1) is 8.71. The molecule has 1 aromatic heterocycles. The minimum atomic E-state index is -0.315. The van der Waals surface area contributed by atoms with E-state index in [-0.39, 0.29) is 6.10 Å². The summed E-state index contributed by atoms with van der Waals surface area (Å²) in [5, 5.41) is 14.4. The van der Waals surface area contributed by atoms with E-state index in [1.54, 1.807) is 7.11 Å². The zero-order valence-electron chi connectivity index (χ0n) is 11.8. The summed E-state index contributed by atoms with van der Waals surface area (Å²) in [4.78, 5) is 0. The normalized spacial score (nSPS) is 13.2. The van der Waals surface area contributed by atoms with Gasteiger partial charge in [0.05, 0.1) is 17.8 Å². The lowest BCUT2D eigenvalue weighted by atomic mass is 10.1. The molecule has 0 saturated heterocycles. The van der Waals surface area contributed by atoms with Crippen molar-refractivity contribution in [3.63, 3.8) is 0 Å². The van der Waals surface area contributed by atoms with Gasteiger partial charge in [-0.05, 0) is 31.7 Å². The van der Waals surface area contributed by atoms with Crippen molar-refractivity contribution < 1.29 is 9.84 Å². The van der Waals surface area contributed by atoms with Crippen molar-refractivity contribution >= 4 is 0 Å². The van der Waals surface area contributed by atoms with Crippen LogP contribution in [0.3, 0.4) is 0 Å². The fraction of sp³-hybridized carbons (Fsp3) is 0.786. The molecule has 1 N–H and O–H groups in total. The number of nitrogens with zero attached hydrogens (tertiary/aromatic N) is 2. The Hall–Kier alpha value is -0.870.